The lowest BCUT2D eigenvalue weighted by Crippen LogP contribution is -2.35. The van der Waals surface area contributed by atoms with E-state index in [1.807, 2.05) is 24.4 Å². The Hall–Kier alpha value is -2.28. The van der Waals surface area contributed by atoms with E-state index in [9.17, 15) is 18.0 Å². The molecule has 3 nitrogen and oxygen atoms in total. The smallest absolute Gasteiger partial charge is 0.354 e. The van der Waals surface area contributed by atoms with Crippen LogP contribution >= 0.6 is 11.3 Å². The van der Waals surface area contributed by atoms with E-state index in [2.05, 4.69) is 4.98 Å². The van der Waals surface area contributed by atoms with Gasteiger partial charge in [0.2, 0.25) is 5.56 Å². The molecule has 0 fully saturated rings. The number of halogens is 3. The minimum Gasteiger partial charge on any atom is -0.354 e. The molecule has 0 spiro atoms. The molecule has 2 atom stereocenters. The number of nitrogens with zero attached hydrogens (tertiary/aromatic N) is 1. The van der Waals surface area contributed by atoms with E-state index in [0.717, 1.165) is 15.8 Å². The number of benzene rings is 1. The second kappa shape index (κ2) is 6.16. The molecule has 136 valence electrons. The predicted molar refractivity (Wildman–Crippen MR) is 98.1 cm³/mol. The van der Waals surface area contributed by atoms with Gasteiger partial charge in [0.1, 0.15) is 6.54 Å². The largest absolute Gasteiger partial charge is 0.405 e. The van der Waals surface area contributed by atoms with Crippen LogP contribution in [0.4, 0.5) is 18.9 Å². The lowest BCUT2D eigenvalue weighted by molar-refractivity contribution is -0.120. The van der Waals surface area contributed by atoms with Crippen LogP contribution in [0.5, 0.6) is 0 Å². The Morgan fingerprint density at radius 3 is 2.65 bits per heavy atom. The number of thiophene rings is 1. The Bertz CT molecular complexity index is 994. The first-order valence-electron chi connectivity index (χ1n) is 8.42. The maximum Gasteiger partial charge on any atom is 0.405 e. The highest BCUT2D eigenvalue weighted by Crippen LogP contribution is 2.54. The Balaban J connectivity index is 1.96. The molecule has 26 heavy (non-hydrogen) atoms. The van der Waals surface area contributed by atoms with Crippen LogP contribution in [-0.2, 0) is 0 Å². The summed E-state index contributed by atoms with van der Waals surface area (Å²) in [5.74, 6) is -0.0689. The van der Waals surface area contributed by atoms with Crippen LogP contribution in [0, 0.1) is 0 Å². The van der Waals surface area contributed by atoms with Gasteiger partial charge in [-0.1, -0.05) is 13.0 Å². The fraction of sp³-hybridized carbons (Fsp3) is 0.316. The molecule has 2 unspecified atom stereocenters. The van der Waals surface area contributed by atoms with E-state index in [1.54, 1.807) is 18.2 Å². The molecule has 1 aliphatic rings. The van der Waals surface area contributed by atoms with Gasteiger partial charge in [0.05, 0.1) is 6.04 Å². The standard InChI is InChI=1S/C19H17F3N2OS/c1-2-11-17-12-5-8-16(25)23-13(12)6-7-14(17)24(10-19(20,21)22)18(11)15-4-3-9-26-15/h3-9,11,18H,2,10H2,1H3,(H,23,25). The summed E-state index contributed by atoms with van der Waals surface area (Å²) in [7, 11) is 0. The zero-order valence-electron chi connectivity index (χ0n) is 14.0. The number of aromatic nitrogens is 1. The summed E-state index contributed by atoms with van der Waals surface area (Å²) in [5, 5.41) is 2.71. The molecular weight excluding hydrogens is 361 g/mol. The fourth-order valence-corrected chi connectivity index (χ4v) is 4.93. The van der Waals surface area contributed by atoms with Crippen molar-refractivity contribution in [2.75, 3.05) is 11.4 Å². The molecule has 3 heterocycles. The highest BCUT2D eigenvalue weighted by Gasteiger charge is 2.44. The summed E-state index contributed by atoms with van der Waals surface area (Å²) in [5.41, 5.74) is 1.94. The van der Waals surface area contributed by atoms with Crippen molar-refractivity contribution in [2.45, 2.75) is 31.5 Å². The van der Waals surface area contributed by atoms with Crippen LogP contribution in [0.2, 0.25) is 0 Å². The molecule has 0 saturated carbocycles. The minimum atomic E-state index is -4.30. The zero-order chi connectivity index (χ0) is 18.5. The normalized spacial score (nSPS) is 19.9. The van der Waals surface area contributed by atoms with E-state index < -0.39 is 12.7 Å². The summed E-state index contributed by atoms with van der Waals surface area (Å²) < 4.78 is 40.0. The summed E-state index contributed by atoms with van der Waals surface area (Å²) in [6.45, 7) is 1.00. The minimum absolute atomic E-state index is 0.0689. The Labute approximate surface area is 152 Å². The van der Waals surface area contributed by atoms with Gasteiger partial charge >= 0.3 is 6.18 Å². The number of aromatic amines is 1. The van der Waals surface area contributed by atoms with Gasteiger partial charge in [-0.15, -0.1) is 11.3 Å². The number of rotatable bonds is 3. The molecule has 0 amide bonds. The number of fused-ring (bicyclic) bond motifs is 3. The highest BCUT2D eigenvalue weighted by molar-refractivity contribution is 7.10. The number of hydrogen-bond acceptors (Lipinski definition) is 3. The first kappa shape index (κ1) is 17.1. The zero-order valence-corrected chi connectivity index (χ0v) is 14.8. The molecule has 1 aliphatic heterocycles. The van der Waals surface area contributed by atoms with Gasteiger partial charge in [-0.25, -0.2) is 0 Å². The third kappa shape index (κ3) is 2.80. The SMILES string of the molecule is CCC1c2c(ccc3[nH]c(=O)ccc23)N(CC(F)(F)F)C1c1cccs1. The second-order valence-corrected chi connectivity index (χ2v) is 7.48. The first-order valence-corrected chi connectivity index (χ1v) is 9.29. The molecule has 7 heteroatoms. The number of hydrogen-bond donors (Lipinski definition) is 1. The van der Waals surface area contributed by atoms with Gasteiger partial charge in [-0.2, -0.15) is 13.2 Å². The van der Waals surface area contributed by atoms with Gasteiger partial charge in [-0.05, 0) is 41.6 Å². The number of pyridine rings is 1. The van der Waals surface area contributed by atoms with E-state index in [-0.39, 0.29) is 17.5 Å². The fourth-order valence-electron chi connectivity index (χ4n) is 4.03. The van der Waals surface area contributed by atoms with Gasteiger partial charge < -0.3 is 9.88 Å². The average Bonchev–Trinajstić information content (AvgIpc) is 3.19. The van der Waals surface area contributed by atoms with E-state index in [0.29, 0.717) is 17.6 Å². The maximum atomic E-state index is 13.3. The summed E-state index contributed by atoms with van der Waals surface area (Å²) in [4.78, 5) is 16.8. The molecule has 0 saturated heterocycles. The van der Waals surface area contributed by atoms with Crippen molar-refractivity contribution in [1.82, 2.24) is 4.98 Å². The number of H-pyrrole nitrogens is 1. The van der Waals surface area contributed by atoms with Gasteiger partial charge in [-0.3, -0.25) is 4.79 Å². The van der Waals surface area contributed by atoms with Crippen LogP contribution in [0.3, 0.4) is 0 Å². The maximum absolute atomic E-state index is 13.3. The van der Waals surface area contributed by atoms with Crippen molar-refractivity contribution in [3.63, 3.8) is 0 Å². The molecule has 1 N–H and O–H groups in total. The molecule has 0 aliphatic carbocycles. The van der Waals surface area contributed by atoms with E-state index in [4.69, 9.17) is 0 Å². The van der Waals surface area contributed by atoms with Crippen LogP contribution in [0.25, 0.3) is 10.9 Å². The Kier molecular flexibility index (Phi) is 4.06. The number of nitrogens with one attached hydrogen (secondary N) is 1. The van der Waals surface area contributed by atoms with Crippen molar-refractivity contribution in [2.24, 2.45) is 0 Å². The first-order chi connectivity index (χ1) is 12.4. The predicted octanol–water partition coefficient (Wildman–Crippen LogP) is 5.21. The van der Waals surface area contributed by atoms with Crippen LogP contribution < -0.4 is 10.5 Å². The van der Waals surface area contributed by atoms with Crippen LogP contribution in [0.15, 0.2) is 46.6 Å². The Morgan fingerprint density at radius 2 is 2.00 bits per heavy atom. The van der Waals surface area contributed by atoms with Gasteiger partial charge in [0, 0.05) is 33.5 Å². The quantitative estimate of drug-likeness (QED) is 0.679. The molecule has 3 aromatic rings. The summed E-state index contributed by atoms with van der Waals surface area (Å²) in [6, 6.07) is 9.97. The summed E-state index contributed by atoms with van der Waals surface area (Å²) in [6.07, 6.45) is -3.59. The molecule has 0 radical (unpaired) electrons. The van der Waals surface area contributed by atoms with Crippen LogP contribution in [0.1, 0.15) is 35.7 Å². The average molecular weight is 378 g/mol. The van der Waals surface area contributed by atoms with E-state index >= 15 is 0 Å². The lowest BCUT2D eigenvalue weighted by atomic mass is 9.89. The highest BCUT2D eigenvalue weighted by atomic mass is 32.1. The molecular formula is C19H17F3N2OS. The molecule has 2 aromatic heterocycles. The second-order valence-electron chi connectivity index (χ2n) is 6.50. The van der Waals surface area contributed by atoms with Crippen molar-refractivity contribution in [1.29, 1.82) is 0 Å². The number of alkyl halides is 3. The number of anilines is 1. The van der Waals surface area contributed by atoms with Gasteiger partial charge in [0.25, 0.3) is 0 Å². The van der Waals surface area contributed by atoms with Crippen molar-refractivity contribution < 1.29 is 13.2 Å². The third-order valence-electron chi connectivity index (χ3n) is 4.94. The molecule has 4 rings (SSSR count). The van der Waals surface area contributed by atoms with Crippen molar-refractivity contribution >= 4 is 27.9 Å². The van der Waals surface area contributed by atoms with Gasteiger partial charge in [0.15, 0.2) is 0 Å². The monoisotopic (exact) mass is 378 g/mol. The van der Waals surface area contributed by atoms with E-state index in [1.165, 1.54) is 22.3 Å². The third-order valence-corrected chi connectivity index (χ3v) is 5.89. The topological polar surface area (TPSA) is 36.1 Å². The molecule has 1 aromatic carbocycles. The van der Waals surface area contributed by atoms with Crippen molar-refractivity contribution in [3.05, 3.63) is 62.6 Å². The summed E-state index contributed by atoms with van der Waals surface area (Å²) >= 11 is 1.48. The van der Waals surface area contributed by atoms with Crippen molar-refractivity contribution in [3.8, 4) is 0 Å². The lowest BCUT2D eigenvalue weighted by Gasteiger charge is -2.30. The Morgan fingerprint density at radius 1 is 1.19 bits per heavy atom. The van der Waals surface area contributed by atoms with Crippen LogP contribution in [-0.4, -0.2) is 17.7 Å². The molecule has 0 bridgehead atoms.